The van der Waals surface area contributed by atoms with Crippen LogP contribution < -0.4 is 0 Å². The van der Waals surface area contributed by atoms with Crippen LogP contribution in [0.25, 0.3) is 6.08 Å². The van der Waals surface area contributed by atoms with Gasteiger partial charge in [-0.3, -0.25) is 4.79 Å². The van der Waals surface area contributed by atoms with E-state index >= 15 is 0 Å². The SMILES string of the molecule is O=C(/C=C/c1cn(Cc2ccccc2)nn1)N1CCO[C@@H](c2ccccc2)C1. The topological polar surface area (TPSA) is 60.2 Å². The molecule has 142 valence electrons. The van der Waals surface area contributed by atoms with Gasteiger partial charge in [-0.25, -0.2) is 4.68 Å². The van der Waals surface area contributed by atoms with Gasteiger partial charge in [0.25, 0.3) is 0 Å². The summed E-state index contributed by atoms with van der Waals surface area (Å²) in [7, 11) is 0. The van der Waals surface area contributed by atoms with Crippen LogP contribution in [0.2, 0.25) is 0 Å². The van der Waals surface area contributed by atoms with Crippen LogP contribution in [0.5, 0.6) is 0 Å². The molecule has 1 amide bonds. The van der Waals surface area contributed by atoms with Crippen LogP contribution in [0, 0.1) is 0 Å². The first-order valence-corrected chi connectivity index (χ1v) is 9.35. The van der Waals surface area contributed by atoms with Gasteiger partial charge in [0.2, 0.25) is 5.91 Å². The maximum atomic E-state index is 12.6. The Kier molecular flexibility index (Phi) is 5.58. The molecule has 0 unspecified atom stereocenters. The smallest absolute Gasteiger partial charge is 0.246 e. The standard InChI is InChI=1S/C22H22N4O2/c27-22(25-13-14-28-21(17-25)19-9-5-2-6-10-19)12-11-20-16-26(24-23-20)15-18-7-3-1-4-8-18/h1-12,16,21H,13-15,17H2/b12-11+/t21-/m1/s1. The molecule has 0 N–H and O–H groups in total. The Balaban J connectivity index is 1.36. The predicted molar refractivity (Wildman–Crippen MR) is 106 cm³/mol. The van der Waals surface area contributed by atoms with Crippen molar-refractivity contribution in [3.8, 4) is 0 Å². The summed E-state index contributed by atoms with van der Waals surface area (Å²) in [5.41, 5.74) is 2.91. The molecule has 6 nitrogen and oxygen atoms in total. The zero-order chi connectivity index (χ0) is 19.2. The van der Waals surface area contributed by atoms with Gasteiger partial charge >= 0.3 is 0 Å². The van der Waals surface area contributed by atoms with E-state index < -0.39 is 0 Å². The fraction of sp³-hybridized carbons (Fsp3) is 0.227. The molecule has 0 bridgehead atoms. The van der Waals surface area contributed by atoms with Gasteiger partial charge in [-0.15, -0.1) is 5.10 Å². The maximum Gasteiger partial charge on any atom is 0.246 e. The molecule has 2 aromatic carbocycles. The Bertz CT molecular complexity index is 937. The van der Waals surface area contributed by atoms with Crippen molar-refractivity contribution in [1.29, 1.82) is 0 Å². The summed E-state index contributed by atoms with van der Waals surface area (Å²) >= 11 is 0. The molecule has 1 aliphatic rings. The third kappa shape index (κ3) is 4.53. The van der Waals surface area contributed by atoms with Crippen molar-refractivity contribution in [2.75, 3.05) is 19.7 Å². The number of hydrogen-bond acceptors (Lipinski definition) is 4. The molecule has 1 saturated heterocycles. The minimum absolute atomic E-state index is 0.0400. The van der Waals surface area contributed by atoms with Gasteiger partial charge < -0.3 is 9.64 Å². The number of carbonyl (C=O) groups is 1. The molecule has 28 heavy (non-hydrogen) atoms. The maximum absolute atomic E-state index is 12.6. The first-order chi connectivity index (χ1) is 13.8. The molecule has 1 atom stereocenters. The zero-order valence-corrected chi connectivity index (χ0v) is 15.5. The van der Waals surface area contributed by atoms with E-state index in [1.54, 1.807) is 16.8 Å². The van der Waals surface area contributed by atoms with E-state index in [-0.39, 0.29) is 12.0 Å². The van der Waals surface area contributed by atoms with Crippen LogP contribution in [0.3, 0.4) is 0 Å². The molecular weight excluding hydrogens is 352 g/mol. The molecule has 0 spiro atoms. The molecule has 2 heterocycles. The van der Waals surface area contributed by atoms with Crippen molar-refractivity contribution in [2.45, 2.75) is 12.6 Å². The second-order valence-electron chi connectivity index (χ2n) is 6.71. The van der Waals surface area contributed by atoms with E-state index in [1.807, 2.05) is 71.8 Å². The van der Waals surface area contributed by atoms with Crippen molar-refractivity contribution >= 4 is 12.0 Å². The lowest BCUT2D eigenvalue weighted by molar-refractivity contribution is -0.133. The first-order valence-electron chi connectivity index (χ1n) is 9.35. The number of morpholine rings is 1. The Labute approximate surface area is 164 Å². The van der Waals surface area contributed by atoms with Gasteiger partial charge in [-0.05, 0) is 17.2 Å². The number of ether oxygens (including phenoxy) is 1. The molecule has 6 heteroatoms. The lowest BCUT2D eigenvalue weighted by Gasteiger charge is -2.32. The molecule has 0 aliphatic carbocycles. The van der Waals surface area contributed by atoms with Crippen LogP contribution in [0.1, 0.15) is 22.9 Å². The molecular formula is C22H22N4O2. The highest BCUT2D eigenvalue weighted by molar-refractivity contribution is 5.91. The highest BCUT2D eigenvalue weighted by atomic mass is 16.5. The van der Waals surface area contributed by atoms with E-state index in [2.05, 4.69) is 10.3 Å². The van der Waals surface area contributed by atoms with Crippen molar-refractivity contribution in [3.63, 3.8) is 0 Å². The normalized spacial score (nSPS) is 17.1. The summed E-state index contributed by atoms with van der Waals surface area (Å²) in [6.07, 6.45) is 5.02. The molecule has 1 aliphatic heterocycles. The van der Waals surface area contributed by atoms with Crippen LogP contribution in [0.4, 0.5) is 0 Å². The number of aromatic nitrogens is 3. The highest BCUT2D eigenvalue weighted by Crippen LogP contribution is 2.22. The summed E-state index contributed by atoms with van der Waals surface area (Å²) in [5.74, 6) is -0.0400. The Morgan fingerprint density at radius 3 is 2.64 bits per heavy atom. The van der Waals surface area contributed by atoms with Crippen LogP contribution in [-0.2, 0) is 16.1 Å². The van der Waals surface area contributed by atoms with Gasteiger partial charge in [0.15, 0.2) is 0 Å². The quantitative estimate of drug-likeness (QED) is 0.644. The molecule has 1 fully saturated rings. The van der Waals surface area contributed by atoms with Gasteiger partial charge in [-0.1, -0.05) is 65.9 Å². The summed E-state index contributed by atoms with van der Waals surface area (Å²) in [5, 5.41) is 8.25. The third-order valence-electron chi connectivity index (χ3n) is 4.69. The molecule has 0 saturated carbocycles. The van der Waals surface area contributed by atoms with Crippen molar-refractivity contribution < 1.29 is 9.53 Å². The minimum atomic E-state index is -0.0842. The van der Waals surface area contributed by atoms with Crippen LogP contribution in [-0.4, -0.2) is 45.5 Å². The average Bonchev–Trinajstić information content (AvgIpc) is 3.21. The monoisotopic (exact) mass is 374 g/mol. The first kappa shape index (κ1) is 18.1. The average molecular weight is 374 g/mol. The number of hydrogen-bond donors (Lipinski definition) is 0. The van der Waals surface area contributed by atoms with Gasteiger partial charge in [-0.2, -0.15) is 0 Å². The van der Waals surface area contributed by atoms with E-state index in [9.17, 15) is 4.79 Å². The summed E-state index contributed by atoms with van der Waals surface area (Å²) in [4.78, 5) is 14.4. The predicted octanol–water partition coefficient (Wildman–Crippen LogP) is 2.94. The zero-order valence-electron chi connectivity index (χ0n) is 15.5. The van der Waals surface area contributed by atoms with Gasteiger partial charge in [0.1, 0.15) is 11.8 Å². The second kappa shape index (κ2) is 8.63. The fourth-order valence-electron chi connectivity index (χ4n) is 3.22. The summed E-state index contributed by atoms with van der Waals surface area (Å²) in [6.45, 7) is 2.32. The largest absolute Gasteiger partial charge is 0.370 e. The van der Waals surface area contributed by atoms with Crippen molar-refractivity contribution in [1.82, 2.24) is 19.9 Å². The summed E-state index contributed by atoms with van der Waals surface area (Å²) in [6, 6.07) is 20.1. The number of nitrogens with zero attached hydrogens (tertiary/aromatic N) is 4. The second-order valence-corrected chi connectivity index (χ2v) is 6.71. The molecule has 1 aromatic heterocycles. The molecule has 0 radical (unpaired) electrons. The van der Waals surface area contributed by atoms with Gasteiger partial charge in [0.05, 0.1) is 25.9 Å². The molecule has 3 aromatic rings. The highest BCUT2D eigenvalue weighted by Gasteiger charge is 2.24. The molecule has 4 rings (SSSR count). The van der Waals surface area contributed by atoms with E-state index in [1.165, 1.54) is 0 Å². The van der Waals surface area contributed by atoms with E-state index in [4.69, 9.17) is 4.74 Å². The Hall–Kier alpha value is -3.25. The number of amides is 1. The fourth-order valence-corrected chi connectivity index (χ4v) is 3.22. The number of benzene rings is 2. The minimum Gasteiger partial charge on any atom is -0.370 e. The van der Waals surface area contributed by atoms with E-state index in [0.29, 0.717) is 31.9 Å². The lowest BCUT2D eigenvalue weighted by atomic mass is 10.1. The Morgan fingerprint density at radius 1 is 1.11 bits per heavy atom. The van der Waals surface area contributed by atoms with Crippen molar-refractivity contribution in [3.05, 3.63) is 89.8 Å². The van der Waals surface area contributed by atoms with Gasteiger partial charge in [0, 0.05) is 12.6 Å². The van der Waals surface area contributed by atoms with Crippen molar-refractivity contribution in [2.24, 2.45) is 0 Å². The number of rotatable bonds is 5. The number of carbonyl (C=O) groups excluding carboxylic acids is 1. The summed E-state index contributed by atoms with van der Waals surface area (Å²) < 4.78 is 7.59. The van der Waals surface area contributed by atoms with Crippen LogP contribution >= 0.6 is 0 Å². The van der Waals surface area contributed by atoms with Crippen LogP contribution in [0.15, 0.2) is 72.9 Å². The third-order valence-corrected chi connectivity index (χ3v) is 4.69. The lowest BCUT2D eigenvalue weighted by Crippen LogP contribution is -2.41. The Morgan fingerprint density at radius 2 is 1.86 bits per heavy atom. The van der Waals surface area contributed by atoms with E-state index in [0.717, 1.165) is 11.1 Å².